The Morgan fingerprint density at radius 2 is 2.35 bits per heavy atom. The van der Waals surface area contributed by atoms with E-state index in [1.54, 1.807) is 6.92 Å². The maximum absolute atomic E-state index is 11.9. The van der Waals surface area contributed by atoms with Crippen LogP contribution in [0.25, 0.3) is 0 Å². The van der Waals surface area contributed by atoms with E-state index in [0.717, 1.165) is 13.1 Å². The van der Waals surface area contributed by atoms with Crippen LogP contribution in [0.4, 0.5) is 0 Å². The lowest BCUT2D eigenvalue weighted by Crippen LogP contribution is -2.43. The monoisotopic (exact) mass is 263 g/mol. The van der Waals surface area contributed by atoms with E-state index in [4.69, 9.17) is 4.74 Å². The molecule has 1 rings (SSSR count). The van der Waals surface area contributed by atoms with Gasteiger partial charge in [0.1, 0.15) is 0 Å². The van der Waals surface area contributed by atoms with Gasteiger partial charge in [-0.15, -0.1) is 0 Å². The van der Waals surface area contributed by atoms with E-state index in [0.29, 0.717) is 18.1 Å². The fraction of sp³-hybridized carbons (Fsp3) is 0.909. The van der Waals surface area contributed by atoms with Crippen molar-refractivity contribution in [1.29, 1.82) is 0 Å². The zero-order valence-electron chi connectivity index (χ0n) is 10.7. The largest absolute Gasteiger partial charge is 0.469 e. The standard InChI is InChI=1S/C11H21NO4S/c1-9(11(13)15-3)7-17(14)8-10-6-12(2)4-5-16-10/h9-10H,4-8H2,1-3H3. The van der Waals surface area contributed by atoms with Gasteiger partial charge < -0.3 is 14.4 Å². The molecule has 17 heavy (non-hydrogen) atoms. The number of esters is 1. The Morgan fingerprint density at radius 1 is 1.65 bits per heavy atom. The number of hydrogen-bond donors (Lipinski definition) is 0. The average molecular weight is 263 g/mol. The zero-order valence-corrected chi connectivity index (χ0v) is 11.5. The first-order valence-electron chi connectivity index (χ1n) is 5.76. The molecule has 1 fully saturated rings. The average Bonchev–Trinajstić information content (AvgIpc) is 2.27. The Morgan fingerprint density at radius 3 is 2.94 bits per heavy atom. The number of likely N-dealkylation sites (N-methyl/N-ethyl adjacent to an activating group) is 1. The van der Waals surface area contributed by atoms with E-state index in [1.807, 2.05) is 7.05 Å². The number of methoxy groups -OCH3 is 1. The number of ether oxygens (including phenoxy) is 2. The molecule has 0 saturated carbocycles. The molecule has 3 unspecified atom stereocenters. The van der Waals surface area contributed by atoms with E-state index in [2.05, 4.69) is 9.64 Å². The smallest absolute Gasteiger partial charge is 0.309 e. The van der Waals surface area contributed by atoms with Crippen LogP contribution in [0.3, 0.4) is 0 Å². The van der Waals surface area contributed by atoms with Crippen molar-refractivity contribution in [2.24, 2.45) is 5.92 Å². The Hall–Kier alpha value is -0.460. The van der Waals surface area contributed by atoms with Crippen molar-refractivity contribution in [2.75, 3.05) is 45.4 Å². The fourth-order valence-corrected chi connectivity index (χ4v) is 3.24. The lowest BCUT2D eigenvalue weighted by Gasteiger charge is -2.29. The topological polar surface area (TPSA) is 55.8 Å². The third kappa shape index (κ3) is 5.14. The SMILES string of the molecule is COC(=O)C(C)CS(=O)CC1CN(C)CCO1. The number of rotatable bonds is 5. The second-order valence-corrected chi connectivity index (χ2v) is 6.00. The Labute approximate surface area is 105 Å². The molecular weight excluding hydrogens is 242 g/mol. The van der Waals surface area contributed by atoms with Crippen molar-refractivity contribution in [3.05, 3.63) is 0 Å². The molecular formula is C11H21NO4S. The van der Waals surface area contributed by atoms with Gasteiger partial charge in [0, 0.05) is 29.6 Å². The van der Waals surface area contributed by atoms with Crippen molar-refractivity contribution in [3.8, 4) is 0 Å². The second kappa shape index (κ2) is 7.08. The molecule has 5 nitrogen and oxygen atoms in total. The van der Waals surface area contributed by atoms with Gasteiger partial charge in [-0.2, -0.15) is 0 Å². The summed E-state index contributed by atoms with van der Waals surface area (Å²) in [6.45, 7) is 4.14. The third-order valence-electron chi connectivity index (χ3n) is 2.75. The Bertz CT molecular complexity index is 285. The van der Waals surface area contributed by atoms with Gasteiger partial charge in [0.2, 0.25) is 0 Å². The maximum atomic E-state index is 11.9. The summed E-state index contributed by atoms with van der Waals surface area (Å²) in [5.41, 5.74) is 0. The normalized spacial score (nSPS) is 25.2. The molecule has 1 aliphatic rings. The lowest BCUT2D eigenvalue weighted by molar-refractivity contribution is -0.144. The predicted molar refractivity (Wildman–Crippen MR) is 66.3 cm³/mol. The minimum atomic E-state index is -1.04. The first-order chi connectivity index (χ1) is 8.02. The highest BCUT2D eigenvalue weighted by atomic mass is 32.2. The quantitative estimate of drug-likeness (QED) is 0.647. The third-order valence-corrected chi connectivity index (χ3v) is 4.37. The summed E-state index contributed by atoms with van der Waals surface area (Å²) in [6, 6.07) is 0. The fourth-order valence-electron chi connectivity index (χ4n) is 1.79. The summed E-state index contributed by atoms with van der Waals surface area (Å²) in [5, 5.41) is 0. The molecule has 0 aromatic carbocycles. The van der Waals surface area contributed by atoms with Gasteiger partial charge in [-0.3, -0.25) is 9.00 Å². The summed E-state index contributed by atoms with van der Waals surface area (Å²) in [5.74, 6) is 0.212. The maximum Gasteiger partial charge on any atom is 0.309 e. The van der Waals surface area contributed by atoms with Gasteiger partial charge in [-0.25, -0.2) is 0 Å². The molecule has 0 aromatic heterocycles. The van der Waals surface area contributed by atoms with Crippen LogP contribution in [0.15, 0.2) is 0 Å². The molecule has 0 spiro atoms. The minimum absolute atomic E-state index is 0.0134. The molecule has 0 bridgehead atoms. The molecule has 0 radical (unpaired) electrons. The molecule has 0 amide bonds. The molecule has 0 N–H and O–H groups in total. The van der Waals surface area contributed by atoms with E-state index < -0.39 is 10.8 Å². The summed E-state index contributed by atoms with van der Waals surface area (Å²) < 4.78 is 22.0. The van der Waals surface area contributed by atoms with Crippen LogP contribution in [-0.4, -0.2) is 66.5 Å². The molecule has 0 aliphatic carbocycles. The molecule has 1 heterocycles. The van der Waals surface area contributed by atoms with Crippen LogP contribution in [0.5, 0.6) is 0 Å². The van der Waals surface area contributed by atoms with E-state index in [1.165, 1.54) is 7.11 Å². The van der Waals surface area contributed by atoms with Crippen LogP contribution in [-0.2, 0) is 25.1 Å². The van der Waals surface area contributed by atoms with E-state index in [-0.39, 0.29) is 18.0 Å². The van der Waals surface area contributed by atoms with Gasteiger partial charge in [-0.05, 0) is 7.05 Å². The van der Waals surface area contributed by atoms with Crippen molar-refractivity contribution < 1.29 is 18.5 Å². The minimum Gasteiger partial charge on any atom is -0.469 e. The van der Waals surface area contributed by atoms with E-state index >= 15 is 0 Å². The van der Waals surface area contributed by atoms with Gasteiger partial charge >= 0.3 is 5.97 Å². The highest BCUT2D eigenvalue weighted by molar-refractivity contribution is 7.85. The number of carbonyl (C=O) groups is 1. The summed E-state index contributed by atoms with van der Waals surface area (Å²) in [6.07, 6.45) is 0.0134. The molecule has 1 saturated heterocycles. The first kappa shape index (κ1) is 14.6. The predicted octanol–water partition coefficient (Wildman–Crippen LogP) is -0.125. The Kier molecular flexibility index (Phi) is 6.08. The van der Waals surface area contributed by atoms with Gasteiger partial charge in [0.25, 0.3) is 0 Å². The second-order valence-electron chi connectivity index (χ2n) is 4.45. The van der Waals surface area contributed by atoms with Crippen molar-refractivity contribution in [1.82, 2.24) is 4.90 Å². The first-order valence-corrected chi connectivity index (χ1v) is 7.24. The lowest BCUT2D eigenvalue weighted by atomic mass is 10.2. The van der Waals surface area contributed by atoms with Gasteiger partial charge in [0.05, 0.1) is 31.5 Å². The van der Waals surface area contributed by atoms with Crippen LogP contribution >= 0.6 is 0 Å². The van der Waals surface area contributed by atoms with Gasteiger partial charge in [0.15, 0.2) is 0 Å². The molecule has 3 atom stereocenters. The number of morpholine rings is 1. The van der Waals surface area contributed by atoms with Crippen molar-refractivity contribution in [3.63, 3.8) is 0 Å². The van der Waals surface area contributed by atoms with Gasteiger partial charge in [-0.1, -0.05) is 6.92 Å². The highest BCUT2D eigenvalue weighted by Crippen LogP contribution is 2.07. The molecule has 0 aromatic rings. The van der Waals surface area contributed by atoms with Crippen molar-refractivity contribution in [2.45, 2.75) is 13.0 Å². The summed E-state index contributed by atoms with van der Waals surface area (Å²) in [7, 11) is 2.33. The van der Waals surface area contributed by atoms with Crippen LogP contribution in [0, 0.1) is 5.92 Å². The molecule has 1 aliphatic heterocycles. The number of hydrogen-bond acceptors (Lipinski definition) is 5. The van der Waals surface area contributed by atoms with E-state index in [9.17, 15) is 9.00 Å². The number of carbonyl (C=O) groups excluding carboxylic acids is 1. The highest BCUT2D eigenvalue weighted by Gasteiger charge is 2.22. The van der Waals surface area contributed by atoms with Crippen LogP contribution < -0.4 is 0 Å². The van der Waals surface area contributed by atoms with Crippen molar-refractivity contribution >= 4 is 16.8 Å². The summed E-state index contributed by atoms with van der Waals surface area (Å²) in [4.78, 5) is 13.4. The molecule has 100 valence electrons. The summed E-state index contributed by atoms with van der Waals surface area (Å²) >= 11 is 0. The molecule has 6 heteroatoms. The van der Waals surface area contributed by atoms with Crippen LogP contribution in [0.2, 0.25) is 0 Å². The zero-order chi connectivity index (χ0) is 12.8. The van der Waals surface area contributed by atoms with Crippen LogP contribution in [0.1, 0.15) is 6.92 Å². The Balaban J connectivity index is 2.31. The number of nitrogens with zero attached hydrogens (tertiary/aromatic N) is 1.